The number of amides is 2. The maximum absolute atomic E-state index is 12.6. The first-order valence-electron chi connectivity index (χ1n) is 7.94. The van der Waals surface area contributed by atoms with Crippen LogP contribution in [0.5, 0.6) is 0 Å². The molecule has 5 nitrogen and oxygen atoms in total. The molecule has 0 spiro atoms. The summed E-state index contributed by atoms with van der Waals surface area (Å²) in [6.07, 6.45) is 3.04. The summed E-state index contributed by atoms with van der Waals surface area (Å²) in [5.74, 6) is 0.513. The van der Waals surface area contributed by atoms with E-state index in [0.29, 0.717) is 19.0 Å². The van der Waals surface area contributed by atoms with Crippen LogP contribution in [0.2, 0.25) is 0 Å². The van der Waals surface area contributed by atoms with Crippen LogP contribution >= 0.6 is 0 Å². The molecule has 2 aliphatic rings. The Labute approximate surface area is 127 Å². The second kappa shape index (κ2) is 5.95. The van der Waals surface area contributed by atoms with E-state index in [1.54, 1.807) is 9.80 Å². The number of nitrogens with zero attached hydrogens (tertiary/aromatic N) is 2. The molecule has 1 heterocycles. The van der Waals surface area contributed by atoms with Gasteiger partial charge in [0.2, 0.25) is 11.8 Å². The lowest BCUT2D eigenvalue weighted by Crippen LogP contribution is -2.51. The van der Waals surface area contributed by atoms with Crippen molar-refractivity contribution in [1.29, 1.82) is 0 Å². The Kier molecular flexibility index (Phi) is 4.61. The van der Waals surface area contributed by atoms with Gasteiger partial charge < -0.3 is 14.9 Å². The van der Waals surface area contributed by atoms with Gasteiger partial charge in [0.25, 0.3) is 0 Å². The lowest BCUT2D eigenvalue weighted by molar-refractivity contribution is -0.148. The zero-order chi connectivity index (χ0) is 15.8. The van der Waals surface area contributed by atoms with Crippen molar-refractivity contribution in [2.24, 2.45) is 11.3 Å². The summed E-state index contributed by atoms with van der Waals surface area (Å²) < 4.78 is 0. The van der Waals surface area contributed by atoms with Crippen LogP contribution in [0.25, 0.3) is 0 Å². The van der Waals surface area contributed by atoms with Crippen LogP contribution in [-0.2, 0) is 9.59 Å². The van der Waals surface area contributed by atoms with Crippen molar-refractivity contribution >= 4 is 11.8 Å². The maximum Gasteiger partial charge on any atom is 0.245 e. The van der Waals surface area contributed by atoms with Gasteiger partial charge >= 0.3 is 0 Å². The van der Waals surface area contributed by atoms with Gasteiger partial charge in [-0.25, -0.2) is 0 Å². The van der Waals surface area contributed by atoms with E-state index in [-0.39, 0.29) is 24.0 Å². The predicted molar refractivity (Wildman–Crippen MR) is 80.6 cm³/mol. The molecule has 5 heteroatoms. The smallest absolute Gasteiger partial charge is 0.245 e. The average molecular weight is 296 g/mol. The zero-order valence-corrected chi connectivity index (χ0v) is 13.6. The minimum absolute atomic E-state index is 0.0477. The van der Waals surface area contributed by atoms with E-state index in [1.807, 2.05) is 27.8 Å². The number of aliphatic hydroxyl groups excluding tert-OH is 1. The number of carbonyl (C=O) groups excluding carboxylic acids is 2. The quantitative estimate of drug-likeness (QED) is 0.853. The molecule has 1 unspecified atom stereocenters. The highest BCUT2D eigenvalue weighted by Crippen LogP contribution is 2.29. The molecule has 1 N–H and O–H groups in total. The number of hydrogen-bond donors (Lipinski definition) is 1. The Morgan fingerprint density at radius 3 is 2.43 bits per heavy atom. The molecule has 1 saturated heterocycles. The van der Waals surface area contributed by atoms with E-state index >= 15 is 0 Å². The number of likely N-dealkylation sites (tertiary alicyclic amines) is 1. The van der Waals surface area contributed by atoms with Crippen LogP contribution in [0.3, 0.4) is 0 Å². The Hall–Kier alpha value is -1.10. The number of hydrogen-bond acceptors (Lipinski definition) is 3. The molecule has 21 heavy (non-hydrogen) atoms. The molecule has 1 aliphatic carbocycles. The van der Waals surface area contributed by atoms with Gasteiger partial charge in [-0.2, -0.15) is 0 Å². The van der Waals surface area contributed by atoms with Crippen LogP contribution < -0.4 is 0 Å². The molecule has 0 bridgehead atoms. The molecule has 1 aliphatic heterocycles. The summed E-state index contributed by atoms with van der Waals surface area (Å²) in [5.41, 5.74) is -0.445. The van der Waals surface area contributed by atoms with Crippen molar-refractivity contribution < 1.29 is 14.7 Å². The fourth-order valence-corrected chi connectivity index (χ4v) is 3.28. The van der Waals surface area contributed by atoms with E-state index in [1.165, 1.54) is 0 Å². The fraction of sp³-hybridized carbons (Fsp3) is 0.875. The lowest BCUT2D eigenvalue weighted by Gasteiger charge is -2.37. The molecule has 2 rings (SSSR count). The molecular formula is C16H28N2O3. The third-order valence-corrected chi connectivity index (χ3v) is 4.56. The van der Waals surface area contributed by atoms with Crippen molar-refractivity contribution in [3.8, 4) is 0 Å². The summed E-state index contributed by atoms with van der Waals surface area (Å²) in [5, 5.41) is 9.33. The minimum Gasteiger partial charge on any atom is -0.393 e. The lowest BCUT2D eigenvalue weighted by atomic mass is 9.82. The highest BCUT2D eigenvalue weighted by atomic mass is 16.3. The Morgan fingerprint density at radius 1 is 1.29 bits per heavy atom. The summed E-state index contributed by atoms with van der Waals surface area (Å²) in [7, 11) is 1.81. The highest BCUT2D eigenvalue weighted by Gasteiger charge is 2.40. The second-order valence-electron chi connectivity index (χ2n) is 7.62. The molecule has 1 atom stereocenters. The normalized spacial score (nSPS) is 29.2. The van der Waals surface area contributed by atoms with Gasteiger partial charge in [0.1, 0.15) is 6.04 Å². The van der Waals surface area contributed by atoms with Gasteiger partial charge in [-0.15, -0.1) is 0 Å². The molecule has 2 amide bonds. The molecule has 0 aromatic carbocycles. The first-order chi connectivity index (χ1) is 9.70. The maximum atomic E-state index is 12.6. The predicted octanol–water partition coefficient (Wildman–Crippen LogP) is 1.25. The molecular weight excluding hydrogens is 268 g/mol. The van der Waals surface area contributed by atoms with Crippen molar-refractivity contribution in [2.45, 2.75) is 58.6 Å². The molecule has 120 valence electrons. The molecule has 0 aromatic heterocycles. The van der Waals surface area contributed by atoms with Crippen molar-refractivity contribution in [1.82, 2.24) is 9.80 Å². The molecule has 0 radical (unpaired) electrons. The van der Waals surface area contributed by atoms with E-state index in [2.05, 4.69) is 0 Å². The fourth-order valence-electron chi connectivity index (χ4n) is 3.28. The minimum atomic E-state index is -0.445. The van der Waals surface area contributed by atoms with Crippen LogP contribution in [0.15, 0.2) is 0 Å². The monoisotopic (exact) mass is 296 g/mol. The molecule has 2 fully saturated rings. The van der Waals surface area contributed by atoms with Crippen LogP contribution in [-0.4, -0.2) is 59.0 Å². The van der Waals surface area contributed by atoms with Crippen LogP contribution in [0.1, 0.15) is 46.5 Å². The third kappa shape index (κ3) is 3.57. The van der Waals surface area contributed by atoms with Crippen molar-refractivity contribution in [3.63, 3.8) is 0 Å². The SMILES string of the molecule is CN(CC1CC(O)C1)C(=O)C1CCCN1C(=O)C(C)(C)C. The standard InChI is InChI=1S/C16H28N2O3/c1-16(2,3)15(21)18-7-5-6-13(18)14(20)17(4)10-11-8-12(19)9-11/h11-13,19H,5-10H2,1-4H3. The first-order valence-corrected chi connectivity index (χ1v) is 7.94. The largest absolute Gasteiger partial charge is 0.393 e. The van der Waals surface area contributed by atoms with Crippen molar-refractivity contribution in [2.75, 3.05) is 20.1 Å². The zero-order valence-electron chi connectivity index (χ0n) is 13.6. The van der Waals surface area contributed by atoms with E-state index < -0.39 is 5.41 Å². The summed E-state index contributed by atoms with van der Waals surface area (Å²) in [6.45, 7) is 7.06. The highest BCUT2D eigenvalue weighted by molar-refractivity contribution is 5.90. The van der Waals surface area contributed by atoms with Crippen LogP contribution in [0, 0.1) is 11.3 Å². The Bertz CT molecular complexity index is 410. The van der Waals surface area contributed by atoms with E-state index in [9.17, 15) is 14.7 Å². The Morgan fingerprint density at radius 2 is 1.90 bits per heavy atom. The van der Waals surface area contributed by atoms with E-state index in [0.717, 1.165) is 25.7 Å². The number of rotatable bonds is 3. The van der Waals surface area contributed by atoms with E-state index in [4.69, 9.17) is 0 Å². The van der Waals surface area contributed by atoms with Gasteiger partial charge in [0.05, 0.1) is 6.10 Å². The van der Waals surface area contributed by atoms with Gasteiger partial charge in [0.15, 0.2) is 0 Å². The average Bonchev–Trinajstić information content (AvgIpc) is 2.82. The number of carbonyl (C=O) groups is 2. The first kappa shape index (κ1) is 16.3. The topological polar surface area (TPSA) is 60.9 Å². The van der Waals surface area contributed by atoms with Crippen LogP contribution in [0.4, 0.5) is 0 Å². The third-order valence-electron chi connectivity index (χ3n) is 4.56. The van der Waals surface area contributed by atoms with Gasteiger partial charge in [-0.05, 0) is 31.6 Å². The summed E-state index contributed by atoms with van der Waals surface area (Å²) in [6, 6.07) is -0.299. The number of aliphatic hydroxyl groups is 1. The second-order valence-corrected chi connectivity index (χ2v) is 7.62. The molecule has 0 aromatic rings. The summed E-state index contributed by atoms with van der Waals surface area (Å²) >= 11 is 0. The van der Waals surface area contributed by atoms with Gasteiger partial charge in [0, 0.05) is 25.6 Å². The van der Waals surface area contributed by atoms with Gasteiger partial charge in [-0.1, -0.05) is 20.8 Å². The van der Waals surface area contributed by atoms with Crippen molar-refractivity contribution in [3.05, 3.63) is 0 Å². The summed E-state index contributed by atoms with van der Waals surface area (Å²) in [4.78, 5) is 28.6. The Balaban J connectivity index is 1.95. The number of likely N-dealkylation sites (N-methyl/N-ethyl adjacent to an activating group) is 1. The van der Waals surface area contributed by atoms with Gasteiger partial charge in [-0.3, -0.25) is 9.59 Å². The molecule has 1 saturated carbocycles.